The Balaban J connectivity index is 2.30. The number of amides is 1. The Bertz CT molecular complexity index is 646. The highest BCUT2D eigenvalue weighted by Gasteiger charge is 2.32. The van der Waals surface area contributed by atoms with Crippen molar-refractivity contribution >= 4 is 33.0 Å². The number of anilines is 1. The lowest BCUT2D eigenvalue weighted by Crippen LogP contribution is -2.49. The fourth-order valence-electron chi connectivity index (χ4n) is 2.49. The Hall–Kier alpha value is -1.27. The lowest BCUT2D eigenvalue weighted by molar-refractivity contribution is 0.0713. The number of nitrogens with zero attached hydrogens (tertiary/aromatic N) is 1. The molecule has 1 saturated heterocycles. The zero-order valence-electron chi connectivity index (χ0n) is 12.1. The van der Waals surface area contributed by atoms with Crippen LogP contribution in [0, 0.1) is 0 Å². The van der Waals surface area contributed by atoms with Gasteiger partial charge < -0.3 is 10.2 Å². The molecule has 0 saturated carbocycles. The topological polar surface area (TPSA) is 66.5 Å². The van der Waals surface area contributed by atoms with Crippen LogP contribution in [0.1, 0.15) is 24.2 Å². The fourth-order valence-corrected chi connectivity index (χ4v) is 4.22. The summed E-state index contributed by atoms with van der Waals surface area (Å²) in [7, 11) is -3.04. The van der Waals surface area contributed by atoms with Crippen molar-refractivity contribution in [1.29, 1.82) is 0 Å². The third-order valence-corrected chi connectivity index (χ3v) is 5.54. The quantitative estimate of drug-likeness (QED) is 0.921. The van der Waals surface area contributed by atoms with Gasteiger partial charge in [-0.3, -0.25) is 4.79 Å². The van der Waals surface area contributed by atoms with E-state index in [2.05, 4.69) is 5.32 Å². The van der Waals surface area contributed by atoms with Gasteiger partial charge in [0.1, 0.15) is 0 Å². The van der Waals surface area contributed by atoms with Gasteiger partial charge in [-0.15, -0.1) is 0 Å². The first-order valence-corrected chi connectivity index (χ1v) is 9.09. The van der Waals surface area contributed by atoms with Crippen LogP contribution in [0.25, 0.3) is 0 Å². The predicted molar refractivity (Wildman–Crippen MR) is 84.8 cm³/mol. The summed E-state index contributed by atoms with van der Waals surface area (Å²) in [5.74, 6) is -0.161. The summed E-state index contributed by atoms with van der Waals surface area (Å²) < 4.78 is 23.2. The van der Waals surface area contributed by atoms with Crippen LogP contribution in [0.5, 0.6) is 0 Å². The maximum Gasteiger partial charge on any atom is 0.256 e. The van der Waals surface area contributed by atoms with Crippen molar-refractivity contribution in [3.63, 3.8) is 0 Å². The van der Waals surface area contributed by atoms with Crippen LogP contribution in [0.4, 0.5) is 5.69 Å². The molecule has 1 heterocycles. The number of sulfone groups is 1. The number of rotatable bonds is 3. The minimum Gasteiger partial charge on any atom is -0.385 e. The predicted octanol–water partition coefficient (Wildman–Crippen LogP) is 2.03. The largest absolute Gasteiger partial charge is 0.385 e. The lowest BCUT2D eigenvalue weighted by atomic mass is 10.1. The van der Waals surface area contributed by atoms with Crippen LogP contribution in [0.3, 0.4) is 0 Å². The first kappa shape index (κ1) is 16.1. The van der Waals surface area contributed by atoms with E-state index in [0.29, 0.717) is 22.8 Å². The van der Waals surface area contributed by atoms with Gasteiger partial charge in [0, 0.05) is 29.8 Å². The van der Waals surface area contributed by atoms with Crippen LogP contribution in [0.15, 0.2) is 18.2 Å². The molecular formula is C14H19ClN2O3S. The molecule has 0 aromatic heterocycles. The smallest absolute Gasteiger partial charge is 0.256 e. The van der Waals surface area contributed by atoms with E-state index in [4.69, 9.17) is 11.6 Å². The average Bonchev–Trinajstić information content (AvgIpc) is 2.39. The summed E-state index contributed by atoms with van der Waals surface area (Å²) in [6.07, 6.45) is 0. The van der Waals surface area contributed by atoms with Crippen molar-refractivity contribution in [2.45, 2.75) is 19.9 Å². The molecule has 1 unspecified atom stereocenters. The van der Waals surface area contributed by atoms with Crippen LogP contribution < -0.4 is 5.32 Å². The number of hydrogen-bond donors (Lipinski definition) is 1. The summed E-state index contributed by atoms with van der Waals surface area (Å²) in [4.78, 5) is 14.3. The number of nitrogens with one attached hydrogen (secondary N) is 1. The van der Waals surface area contributed by atoms with E-state index in [-0.39, 0.29) is 30.0 Å². The third-order valence-electron chi connectivity index (χ3n) is 3.51. The molecule has 0 radical (unpaired) electrons. The number of hydrogen-bond acceptors (Lipinski definition) is 4. The summed E-state index contributed by atoms with van der Waals surface area (Å²) in [5, 5.41) is 3.61. The van der Waals surface area contributed by atoms with Gasteiger partial charge in [-0.1, -0.05) is 11.6 Å². The molecule has 21 heavy (non-hydrogen) atoms. The molecule has 0 spiro atoms. The van der Waals surface area contributed by atoms with Crippen molar-refractivity contribution in [2.75, 3.05) is 29.9 Å². The van der Waals surface area contributed by atoms with Gasteiger partial charge in [0.05, 0.1) is 17.1 Å². The van der Waals surface area contributed by atoms with Gasteiger partial charge >= 0.3 is 0 Å². The molecule has 1 fully saturated rings. The highest BCUT2D eigenvalue weighted by Crippen LogP contribution is 2.24. The molecule has 116 valence electrons. The van der Waals surface area contributed by atoms with Crippen LogP contribution in [0.2, 0.25) is 5.02 Å². The lowest BCUT2D eigenvalue weighted by Gasteiger charge is -2.33. The first-order chi connectivity index (χ1) is 9.84. The number of carbonyl (C=O) groups excluding carboxylic acids is 1. The second-order valence-corrected chi connectivity index (χ2v) is 7.85. The molecule has 2 rings (SSSR count). The molecule has 1 aromatic rings. The molecule has 0 bridgehead atoms. The van der Waals surface area contributed by atoms with Crippen LogP contribution in [-0.2, 0) is 9.84 Å². The zero-order valence-corrected chi connectivity index (χ0v) is 13.7. The van der Waals surface area contributed by atoms with Crippen molar-refractivity contribution in [1.82, 2.24) is 4.90 Å². The van der Waals surface area contributed by atoms with Crippen molar-refractivity contribution in [2.24, 2.45) is 0 Å². The maximum absolute atomic E-state index is 12.7. The van der Waals surface area contributed by atoms with Crippen LogP contribution >= 0.6 is 11.6 Å². The van der Waals surface area contributed by atoms with E-state index in [9.17, 15) is 13.2 Å². The number of carbonyl (C=O) groups is 1. The van der Waals surface area contributed by atoms with E-state index >= 15 is 0 Å². The molecule has 0 aliphatic carbocycles. The molecule has 1 aliphatic heterocycles. The van der Waals surface area contributed by atoms with Crippen molar-refractivity contribution < 1.29 is 13.2 Å². The summed E-state index contributed by atoms with van der Waals surface area (Å²) in [5.41, 5.74) is 1.20. The van der Waals surface area contributed by atoms with E-state index in [1.54, 1.807) is 30.0 Å². The Morgan fingerprint density at radius 3 is 2.81 bits per heavy atom. The van der Waals surface area contributed by atoms with Gasteiger partial charge in [-0.2, -0.15) is 0 Å². The van der Waals surface area contributed by atoms with Gasteiger partial charge in [0.15, 0.2) is 9.84 Å². The number of halogens is 1. The second-order valence-electron chi connectivity index (χ2n) is 5.18. The average molecular weight is 331 g/mol. The van der Waals surface area contributed by atoms with E-state index < -0.39 is 9.84 Å². The minimum absolute atomic E-state index is 0.00977. The Morgan fingerprint density at radius 1 is 1.48 bits per heavy atom. The monoisotopic (exact) mass is 330 g/mol. The van der Waals surface area contributed by atoms with Gasteiger partial charge in [-0.05, 0) is 32.0 Å². The number of benzene rings is 1. The zero-order chi connectivity index (χ0) is 15.6. The van der Waals surface area contributed by atoms with Gasteiger partial charge in [0.2, 0.25) is 0 Å². The third kappa shape index (κ3) is 3.68. The summed E-state index contributed by atoms with van der Waals surface area (Å²) in [6, 6.07) is 4.78. The van der Waals surface area contributed by atoms with Crippen molar-refractivity contribution in [3.05, 3.63) is 28.8 Å². The Kier molecular flexibility index (Phi) is 4.78. The van der Waals surface area contributed by atoms with Crippen molar-refractivity contribution in [3.8, 4) is 0 Å². The molecule has 1 aliphatic rings. The Morgan fingerprint density at radius 2 is 2.19 bits per heavy atom. The highest BCUT2D eigenvalue weighted by molar-refractivity contribution is 7.91. The van der Waals surface area contributed by atoms with Gasteiger partial charge in [-0.25, -0.2) is 8.42 Å². The van der Waals surface area contributed by atoms with E-state index in [0.717, 1.165) is 0 Å². The molecule has 1 atom stereocenters. The summed E-state index contributed by atoms with van der Waals surface area (Å²) >= 11 is 5.99. The fraction of sp³-hybridized carbons (Fsp3) is 0.500. The molecule has 1 N–H and O–H groups in total. The minimum atomic E-state index is -3.04. The van der Waals surface area contributed by atoms with Gasteiger partial charge in [0.25, 0.3) is 5.91 Å². The SMILES string of the molecule is CCNc1ccc(Cl)cc1C(=O)N1CCS(=O)(=O)CC1C. The Labute approximate surface area is 130 Å². The molecule has 1 amide bonds. The standard InChI is InChI=1S/C14H19ClN2O3S/c1-3-16-13-5-4-11(15)8-12(13)14(18)17-6-7-21(19,20)9-10(17)2/h4-5,8,10,16H,3,6-7,9H2,1-2H3. The maximum atomic E-state index is 12.7. The first-order valence-electron chi connectivity index (χ1n) is 6.89. The summed E-state index contributed by atoms with van der Waals surface area (Å²) in [6.45, 7) is 4.61. The van der Waals surface area contributed by atoms with Crippen LogP contribution in [-0.4, -0.2) is 49.9 Å². The molecule has 1 aromatic carbocycles. The molecular weight excluding hydrogens is 312 g/mol. The van der Waals surface area contributed by atoms with E-state index in [1.807, 2.05) is 6.92 Å². The van der Waals surface area contributed by atoms with E-state index in [1.165, 1.54) is 0 Å². The molecule has 5 nitrogen and oxygen atoms in total. The second kappa shape index (κ2) is 6.23. The highest BCUT2D eigenvalue weighted by atomic mass is 35.5. The molecule has 7 heteroatoms. The normalized spacial score (nSPS) is 21.1.